The Labute approximate surface area is 128 Å². The van der Waals surface area contributed by atoms with Gasteiger partial charge in [-0.25, -0.2) is 4.98 Å². The lowest BCUT2D eigenvalue weighted by molar-refractivity contribution is -0.117. The van der Waals surface area contributed by atoms with Crippen LogP contribution in [-0.2, 0) is 4.79 Å². The van der Waals surface area contributed by atoms with Crippen LogP contribution in [0.25, 0.3) is 0 Å². The summed E-state index contributed by atoms with van der Waals surface area (Å²) in [7, 11) is 0. The van der Waals surface area contributed by atoms with Crippen molar-refractivity contribution in [2.75, 3.05) is 16.8 Å². The smallest absolute Gasteiger partial charge is 0.227 e. The number of anilines is 2. The van der Waals surface area contributed by atoms with Crippen LogP contribution in [0.15, 0.2) is 29.6 Å². The van der Waals surface area contributed by atoms with E-state index in [-0.39, 0.29) is 11.9 Å². The summed E-state index contributed by atoms with van der Waals surface area (Å²) in [4.78, 5) is 18.2. The van der Waals surface area contributed by atoms with Crippen LogP contribution in [0.5, 0.6) is 0 Å². The van der Waals surface area contributed by atoms with Gasteiger partial charge in [-0.1, -0.05) is 6.07 Å². The molecule has 1 N–H and O–H groups in total. The molecule has 1 aliphatic heterocycles. The molecule has 0 saturated carbocycles. The minimum atomic E-state index is 0.152. The second-order valence-corrected chi connectivity index (χ2v) is 6.42. The van der Waals surface area contributed by atoms with E-state index in [4.69, 9.17) is 0 Å². The molecule has 1 atom stereocenters. The molecule has 2 heterocycles. The van der Waals surface area contributed by atoms with Crippen LogP contribution in [0.2, 0.25) is 0 Å². The first kappa shape index (κ1) is 14.1. The summed E-state index contributed by atoms with van der Waals surface area (Å²) >= 11 is 1.66. The number of benzene rings is 1. The van der Waals surface area contributed by atoms with Crippen molar-refractivity contribution in [3.8, 4) is 0 Å². The van der Waals surface area contributed by atoms with Crippen LogP contribution in [0.3, 0.4) is 0 Å². The fraction of sp³-hybridized carbons (Fsp3) is 0.375. The SMILES string of the molecule is Cc1nc(C(C)Nc2cccc(N3CCCC3=O)c2)cs1. The molecular weight excluding hydrogens is 282 g/mol. The van der Waals surface area contributed by atoms with Crippen LogP contribution < -0.4 is 10.2 Å². The molecule has 2 aromatic rings. The van der Waals surface area contributed by atoms with Crippen molar-refractivity contribution >= 4 is 28.6 Å². The minimum Gasteiger partial charge on any atom is -0.377 e. The standard InChI is InChI=1S/C16H19N3OS/c1-11(15-10-21-12(2)18-15)17-13-5-3-6-14(9-13)19-8-4-7-16(19)20/h3,5-6,9-11,17H,4,7-8H2,1-2H3. The highest BCUT2D eigenvalue weighted by Gasteiger charge is 2.21. The molecular formula is C16H19N3OS. The normalized spacial score (nSPS) is 16.3. The van der Waals surface area contributed by atoms with Crippen molar-refractivity contribution in [1.82, 2.24) is 4.98 Å². The monoisotopic (exact) mass is 301 g/mol. The summed E-state index contributed by atoms with van der Waals surface area (Å²) in [6.07, 6.45) is 1.61. The molecule has 1 aliphatic rings. The molecule has 1 aromatic carbocycles. The van der Waals surface area contributed by atoms with Crippen molar-refractivity contribution in [3.05, 3.63) is 40.3 Å². The van der Waals surface area contributed by atoms with Gasteiger partial charge in [0.25, 0.3) is 0 Å². The van der Waals surface area contributed by atoms with E-state index < -0.39 is 0 Å². The molecule has 1 fully saturated rings. The zero-order chi connectivity index (χ0) is 14.8. The molecule has 0 radical (unpaired) electrons. The fourth-order valence-electron chi connectivity index (χ4n) is 2.59. The molecule has 0 spiro atoms. The topological polar surface area (TPSA) is 45.2 Å². The van der Waals surface area contributed by atoms with Crippen molar-refractivity contribution < 1.29 is 4.79 Å². The molecule has 1 aromatic heterocycles. The molecule has 3 rings (SSSR count). The molecule has 0 aliphatic carbocycles. The number of rotatable bonds is 4. The zero-order valence-electron chi connectivity index (χ0n) is 12.3. The Hall–Kier alpha value is -1.88. The summed E-state index contributed by atoms with van der Waals surface area (Å²) in [5.41, 5.74) is 3.05. The van der Waals surface area contributed by atoms with Gasteiger partial charge in [-0.15, -0.1) is 11.3 Å². The van der Waals surface area contributed by atoms with E-state index in [1.807, 2.05) is 36.1 Å². The van der Waals surface area contributed by atoms with Crippen LogP contribution in [0.1, 0.15) is 36.5 Å². The van der Waals surface area contributed by atoms with Crippen LogP contribution in [0.4, 0.5) is 11.4 Å². The Morgan fingerprint density at radius 2 is 2.29 bits per heavy atom. The lowest BCUT2D eigenvalue weighted by Gasteiger charge is -2.18. The van der Waals surface area contributed by atoms with Crippen molar-refractivity contribution in [2.45, 2.75) is 32.7 Å². The van der Waals surface area contributed by atoms with Crippen LogP contribution >= 0.6 is 11.3 Å². The molecule has 21 heavy (non-hydrogen) atoms. The maximum absolute atomic E-state index is 11.8. The Morgan fingerprint density at radius 1 is 1.43 bits per heavy atom. The Bertz CT molecular complexity index is 652. The fourth-order valence-corrected chi connectivity index (χ4v) is 3.29. The van der Waals surface area contributed by atoms with E-state index in [1.165, 1.54) is 0 Å². The third-order valence-corrected chi connectivity index (χ3v) is 4.49. The van der Waals surface area contributed by atoms with Crippen LogP contribution in [-0.4, -0.2) is 17.4 Å². The van der Waals surface area contributed by atoms with E-state index in [1.54, 1.807) is 11.3 Å². The van der Waals surface area contributed by atoms with Gasteiger partial charge in [-0.3, -0.25) is 4.79 Å². The van der Waals surface area contributed by atoms with E-state index in [0.29, 0.717) is 6.42 Å². The van der Waals surface area contributed by atoms with Crippen molar-refractivity contribution in [2.24, 2.45) is 0 Å². The molecule has 5 heteroatoms. The molecule has 4 nitrogen and oxygen atoms in total. The number of carbonyl (C=O) groups excluding carboxylic acids is 1. The number of thiazole rings is 1. The Balaban J connectivity index is 1.75. The number of amides is 1. The largest absolute Gasteiger partial charge is 0.377 e. The Morgan fingerprint density at radius 3 is 2.95 bits per heavy atom. The number of carbonyl (C=O) groups is 1. The molecule has 110 valence electrons. The number of hydrogen-bond donors (Lipinski definition) is 1. The lowest BCUT2D eigenvalue weighted by atomic mass is 10.2. The number of nitrogens with one attached hydrogen (secondary N) is 1. The van der Waals surface area contributed by atoms with Crippen molar-refractivity contribution in [1.29, 1.82) is 0 Å². The highest BCUT2D eigenvalue weighted by Crippen LogP contribution is 2.26. The summed E-state index contributed by atoms with van der Waals surface area (Å²) < 4.78 is 0. The first-order valence-corrected chi connectivity index (χ1v) is 8.10. The maximum atomic E-state index is 11.8. The van der Waals surface area contributed by atoms with E-state index in [2.05, 4.69) is 22.6 Å². The number of aryl methyl sites for hydroxylation is 1. The van der Waals surface area contributed by atoms with Crippen molar-refractivity contribution in [3.63, 3.8) is 0 Å². The zero-order valence-corrected chi connectivity index (χ0v) is 13.1. The highest BCUT2D eigenvalue weighted by molar-refractivity contribution is 7.09. The lowest BCUT2D eigenvalue weighted by Crippen LogP contribution is -2.23. The predicted molar refractivity (Wildman–Crippen MR) is 86.9 cm³/mol. The first-order chi connectivity index (χ1) is 10.1. The van der Waals surface area contributed by atoms with Gasteiger partial charge >= 0.3 is 0 Å². The second kappa shape index (κ2) is 5.85. The highest BCUT2D eigenvalue weighted by atomic mass is 32.1. The van der Waals surface area contributed by atoms with Gasteiger partial charge in [0.15, 0.2) is 0 Å². The molecule has 1 saturated heterocycles. The predicted octanol–water partition coefficient (Wildman–Crippen LogP) is 3.75. The third kappa shape index (κ3) is 3.08. The number of aromatic nitrogens is 1. The molecule has 1 amide bonds. The van der Waals surface area contributed by atoms with Gasteiger partial charge in [-0.2, -0.15) is 0 Å². The third-order valence-electron chi connectivity index (χ3n) is 3.69. The van der Waals surface area contributed by atoms with Gasteiger partial charge in [-0.05, 0) is 38.5 Å². The quantitative estimate of drug-likeness (QED) is 0.935. The summed E-state index contributed by atoms with van der Waals surface area (Å²) in [6, 6.07) is 8.20. The summed E-state index contributed by atoms with van der Waals surface area (Å²) in [5.74, 6) is 0.218. The average Bonchev–Trinajstić information content (AvgIpc) is 3.08. The van der Waals surface area contributed by atoms with Gasteiger partial charge in [0.2, 0.25) is 5.91 Å². The second-order valence-electron chi connectivity index (χ2n) is 5.36. The van der Waals surface area contributed by atoms with E-state index in [9.17, 15) is 4.79 Å². The summed E-state index contributed by atoms with van der Waals surface area (Å²) in [5, 5.41) is 6.62. The van der Waals surface area contributed by atoms with E-state index >= 15 is 0 Å². The molecule has 1 unspecified atom stereocenters. The van der Waals surface area contributed by atoms with Gasteiger partial charge in [0.05, 0.1) is 16.7 Å². The van der Waals surface area contributed by atoms with E-state index in [0.717, 1.165) is 35.0 Å². The average molecular weight is 301 g/mol. The van der Waals surface area contributed by atoms with Gasteiger partial charge < -0.3 is 10.2 Å². The van der Waals surface area contributed by atoms with Gasteiger partial charge in [0, 0.05) is 29.7 Å². The number of nitrogens with zero attached hydrogens (tertiary/aromatic N) is 2. The maximum Gasteiger partial charge on any atom is 0.227 e. The van der Waals surface area contributed by atoms with Crippen LogP contribution in [0, 0.1) is 6.92 Å². The minimum absolute atomic E-state index is 0.152. The summed E-state index contributed by atoms with van der Waals surface area (Å²) in [6.45, 7) is 4.94. The molecule has 0 bridgehead atoms. The van der Waals surface area contributed by atoms with Gasteiger partial charge in [0.1, 0.15) is 0 Å². The Kier molecular flexibility index (Phi) is 3.92. The number of hydrogen-bond acceptors (Lipinski definition) is 4. The first-order valence-electron chi connectivity index (χ1n) is 7.22.